The SMILES string of the molecule is COCCC(N)C(=O)Nc1ccc(C)cc1OC. The Morgan fingerprint density at radius 2 is 2.17 bits per heavy atom. The summed E-state index contributed by atoms with van der Waals surface area (Å²) >= 11 is 0. The van der Waals surface area contributed by atoms with Crippen molar-refractivity contribution in [3.63, 3.8) is 0 Å². The highest BCUT2D eigenvalue weighted by Gasteiger charge is 2.15. The molecule has 1 unspecified atom stereocenters. The molecule has 1 rings (SSSR count). The van der Waals surface area contributed by atoms with Gasteiger partial charge in [0.05, 0.1) is 18.8 Å². The number of ether oxygens (including phenoxy) is 2. The molecule has 0 aliphatic rings. The lowest BCUT2D eigenvalue weighted by Crippen LogP contribution is -2.36. The monoisotopic (exact) mass is 252 g/mol. The predicted molar refractivity (Wildman–Crippen MR) is 70.8 cm³/mol. The molecule has 1 aromatic rings. The van der Waals surface area contributed by atoms with E-state index in [1.54, 1.807) is 20.3 Å². The van der Waals surface area contributed by atoms with Gasteiger partial charge in [-0.05, 0) is 31.0 Å². The fraction of sp³-hybridized carbons (Fsp3) is 0.462. The number of nitrogens with two attached hydrogens (primary N) is 1. The van der Waals surface area contributed by atoms with E-state index in [-0.39, 0.29) is 5.91 Å². The van der Waals surface area contributed by atoms with Crippen molar-refractivity contribution in [2.45, 2.75) is 19.4 Å². The summed E-state index contributed by atoms with van der Waals surface area (Å²) in [7, 11) is 3.14. The van der Waals surface area contributed by atoms with Crippen LogP contribution in [0.2, 0.25) is 0 Å². The first-order valence-corrected chi connectivity index (χ1v) is 5.78. The van der Waals surface area contributed by atoms with E-state index >= 15 is 0 Å². The first-order chi connectivity index (χ1) is 8.58. The molecule has 1 amide bonds. The van der Waals surface area contributed by atoms with Crippen molar-refractivity contribution in [2.75, 3.05) is 26.1 Å². The van der Waals surface area contributed by atoms with Gasteiger partial charge in [0.1, 0.15) is 5.75 Å². The lowest BCUT2D eigenvalue weighted by atomic mass is 10.2. The molecule has 5 nitrogen and oxygen atoms in total. The summed E-state index contributed by atoms with van der Waals surface area (Å²) < 4.78 is 10.1. The maximum atomic E-state index is 11.8. The highest BCUT2D eigenvalue weighted by atomic mass is 16.5. The van der Waals surface area contributed by atoms with Gasteiger partial charge in [-0.2, -0.15) is 0 Å². The first-order valence-electron chi connectivity index (χ1n) is 5.78. The van der Waals surface area contributed by atoms with E-state index in [9.17, 15) is 4.79 Å². The van der Waals surface area contributed by atoms with E-state index < -0.39 is 6.04 Å². The van der Waals surface area contributed by atoms with E-state index in [0.717, 1.165) is 5.56 Å². The summed E-state index contributed by atoms with van der Waals surface area (Å²) in [4.78, 5) is 11.8. The average molecular weight is 252 g/mol. The van der Waals surface area contributed by atoms with Crippen LogP contribution in [0.15, 0.2) is 18.2 Å². The first kappa shape index (κ1) is 14.5. The summed E-state index contributed by atoms with van der Waals surface area (Å²) in [6.45, 7) is 2.41. The molecule has 5 heteroatoms. The number of hydrogen-bond acceptors (Lipinski definition) is 4. The number of aryl methyl sites for hydroxylation is 1. The zero-order chi connectivity index (χ0) is 13.5. The van der Waals surface area contributed by atoms with Crippen LogP contribution in [0, 0.1) is 6.92 Å². The lowest BCUT2D eigenvalue weighted by molar-refractivity contribution is -0.117. The van der Waals surface area contributed by atoms with Crippen molar-refractivity contribution < 1.29 is 14.3 Å². The maximum Gasteiger partial charge on any atom is 0.241 e. The van der Waals surface area contributed by atoms with Gasteiger partial charge in [0.2, 0.25) is 5.91 Å². The molecule has 18 heavy (non-hydrogen) atoms. The molecule has 1 atom stereocenters. The van der Waals surface area contributed by atoms with E-state index in [4.69, 9.17) is 15.2 Å². The standard InChI is InChI=1S/C13H20N2O3/c1-9-4-5-11(12(8-9)18-3)15-13(16)10(14)6-7-17-2/h4-5,8,10H,6-7,14H2,1-3H3,(H,15,16). The number of benzene rings is 1. The summed E-state index contributed by atoms with van der Waals surface area (Å²) in [5.74, 6) is 0.386. The third kappa shape index (κ3) is 4.01. The Hall–Kier alpha value is -1.59. The Morgan fingerprint density at radius 3 is 2.78 bits per heavy atom. The van der Waals surface area contributed by atoms with Gasteiger partial charge in [-0.15, -0.1) is 0 Å². The van der Waals surface area contributed by atoms with Crippen LogP contribution in [0.4, 0.5) is 5.69 Å². The van der Waals surface area contributed by atoms with E-state index in [2.05, 4.69) is 5.32 Å². The lowest BCUT2D eigenvalue weighted by Gasteiger charge is -2.14. The van der Waals surface area contributed by atoms with Crippen molar-refractivity contribution in [1.82, 2.24) is 0 Å². The molecule has 0 radical (unpaired) electrons. The molecule has 100 valence electrons. The average Bonchev–Trinajstić information content (AvgIpc) is 2.37. The van der Waals surface area contributed by atoms with Crippen molar-refractivity contribution in [2.24, 2.45) is 5.73 Å². The second-order valence-corrected chi connectivity index (χ2v) is 4.08. The van der Waals surface area contributed by atoms with Crippen LogP contribution in [0.3, 0.4) is 0 Å². The summed E-state index contributed by atoms with van der Waals surface area (Å²) in [6, 6.07) is 4.97. The Bertz CT molecular complexity index is 407. The van der Waals surface area contributed by atoms with Gasteiger partial charge in [0, 0.05) is 13.7 Å². The molecule has 0 aliphatic carbocycles. The molecule has 0 spiro atoms. The Labute approximate surface area is 107 Å². The largest absolute Gasteiger partial charge is 0.495 e. The van der Waals surface area contributed by atoms with Crippen molar-refractivity contribution in [3.8, 4) is 5.75 Å². The normalized spacial score (nSPS) is 12.0. The van der Waals surface area contributed by atoms with Crippen LogP contribution in [-0.2, 0) is 9.53 Å². The fourth-order valence-corrected chi connectivity index (χ4v) is 1.50. The number of hydrogen-bond donors (Lipinski definition) is 2. The summed E-state index contributed by atoms with van der Waals surface area (Å²) in [5, 5.41) is 2.75. The molecular weight excluding hydrogens is 232 g/mol. The number of nitrogens with one attached hydrogen (secondary N) is 1. The fourth-order valence-electron chi connectivity index (χ4n) is 1.50. The second-order valence-electron chi connectivity index (χ2n) is 4.08. The van der Waals surface area contributed by atoms with Crippen LogP contribution in [0.1, 0.15) is 12.0 Å². The van der Waals surface area contributed by atoms with Gasteiger partial charge >= 0.3 is 0 Å². The molecule has 0 saturated carbocycles. The second kappa shape index (κ2) is 6.98. The quantitative estimate of drug-likeness (QED) is 0.800. The van der Waals surface area contributed by atoms with Gasteiger partial charge in [-0.1, -0.05) is 6.07 Å². The van der Waals surface area contributed by atoms with Crippen LogP contribution < -0.4 is 15.8 Å². The topological polar surface area (TPSA) is 73.6 Å². The van der Waals surface area contributed by atoms with Gasteiger partial charge in [-0.25, -0.2) is 0 Å². The highest BCUT2D eigenvalue weighted by molar-refractivity contribution is 5.95. The Kier molecular flexibility index (Phi) is 5.61. The Morgan fingerprint density at radius 1 is 1.44 bits per heavy atom. The minimum Gasteiger partial charge on any atom is -0.495 e. The number of amides is 1. The van der Waals surface area contributed by atoms with E-state index in [1.807, 2.05) is 19.1 Å². The van der Waals surface area contributed by atoms with E-state index in [1.165, 1.54) is 0 Å². The highest BCUT2D eigenvalue weighted by Crippen LogP contribution is 2.25. The van der Waals surface area contributed by atoms with Gasteiger partial charge in [0.25, 0.3) is 0 Å². The smallest absolute Gasteiger partial charge is 0.241 e. The van der Waals surface area contributed by atoms with Gasteiger partial charge in [0.15, 0.2) is 0 Å². The molecule has 3 N–H and O–H groups in total. The zero-order valence-electron chi connectivity index (χ0n) is 11.0. The number of carbonyl (C=O) groups is 1. The molecule has 0 fully saturated rings. The summed E-state index contributed by atoms with van der Waals surface area (Å²) in [5.41, 5.74) is 7.43. The van der Waals surface area contributed by atoms with Crippen LogP contribution in [0.5, 0.6) is 5.75 Å². The number of rotatable bonds is 6. The minimum atomic E-state index is -0.587. The van der Waals surface area contributed by atoms with Crippen LogP contribution >= 0.6 is 0 Å². The molecular formula is C13H20N2O3. The van der Waals surface area contributed by atoms with Crippen molar-refractivity contribution >= 4 is 11.6 Å². The van der Waals surface area contributed by atoms with Gasteiger partial charge in [-0.3, -0.25) is 4.79 Å². The van der Waals surface area contributed by atoms with Crippen LogP contribution in [-0.4, -0.2) is 32.8 Å². The van der Waals surface area contributed by atoms with Gasteiger partial charge < -0.3 is 20.5 Å². The molecule has 0 heterocycles. The third-order valence-electron chi connectivity index (χ3n) is 2.58. The zero-order valence-corrected chi connectivity index (χ0v) is 11.0. The Balaban J connectivity index is 2.69. The van der Waals surface area contributed by atoms with Crippen molar-refractivity contribution in [3.05, 3.63) is 23.8 Å². The number of carbonyl (C=O) groups excluding carboxylic acids is 1. The molecule has 0 aliphatic heterocycles. The predicted octanol–water partition coefficient (Wildman–Crippen LogP) is 1.31. The molecule has 0 aromatic heterocycles. The number of methoxy groups -OCH3 is 2. The molecule has 0 bridgehead atoms. The molecule has 0 saturated heterocycles. The maximum absolute atomic E-state index is 11.8. The van der Waals surface area contributed by atoms with Crippen LogP contribution in [0.25, 0.3) is 0 Å². The van der Waals surface area contributed by atoms with E-state index in [0.29, 0.717) is 24.5 Å². The summed E-state index contributed by atoms with van der Waals surface area (Å²) in [6.07, 6.45) is 0.483. The minimum absolute atomic E-state index is 0.241. The van der Waals surface area contributed by atoms with Crippen molar-refractivity contribution in [1.29, 1.82) is 0 Å². The molecule has 1 aromatic carbocycles. The third-order valence-corrected chi connectivity index (χ3v) is 2.58. The number of anilines is 1.